The smallest absolute Gasteiger partial charge is 0.258 e. The first-order chi connectivity index (χ1) is 17.4. The number of aliphatic hydroxyl groups excluding tert-OH is 1. The molecule has 2 atom stereocenters. The van der Waals surface area contributed by atoms with Crippen LogP contribution in [-0.2, 0) is 0 Å². The van der Waals surface area contributed by atoms with Crippen molar-refractivity contribution in [1.29, 1.82) is 0 Å². The lowest BCUT2D eigenvalue weighted by atomic mass is 10.1. The zero-order chi connectivity index (χ0) is 25.0. The molecule has 1 saturated carbocycles. The molecule has 4 aromatic rings. The van der Waals surface area contributed by atoms with Gasteiger partial charge in [0.2, 0.25) is 0 Å². The van der Waals surface area contributed by atoms with Crippen molar-refractivity contribution in [2.75, 3.05) is 11.9 Å². The van der Waals surface area contributed by atoms with Crippen LogP contribution >= 0.6 is 0 Å². The Morgan fingerprint density at radius 2 is 2.11 bits per heavy atom. The summed E-state index contributed by atoms with van der Waals surface area (Å²) in [5.41, 5.74) is 3.30. The molecule has 0 radical (unpaired) electrons. The molecule has 10 heteroatoms. The minimum Gasteiger partial charge on any atom is -0.488 e. The van der Waals surface area contributed by atoms with Crippen molar-refractivity contribution in [3.05, 3.63) is 71.8 Å². The summed E-state index contributed by atoms with van der Waals surface area (Å²) in [5.74, 6) is 0.168. The molecule has 0 spiro atoms. The Kier molecular flexibility index (Phi) is 5.33. The molecule has 2 aromatic heterocycles. The molecule has 0 bridgehead atoms. The number of halogens is 1. The summed E-state index contributed by atoms with van der Waals surface area (Å²) in [4.78, 5) is 22.1. The highest BCUT2D eigenvalue weighted by Crippen LogP contribution is 2.40. The summed E-state index contributed by atoms with van der Waals surface area (Å²) in [6.07, 6.45) is 6.59. The zero-order valence-electron chi connectivity index (χ0n) is 19.8. The monoisotopic (exact) mass is 488 g/mol. The number of ether oxygens (including phenoxy) is 1. The Labute approximate surface area is 206 Å². The van der Waals surface area contributed by atoms with Gasteiger partial charge in [0.25, 0.3) is 5.91 Å². The third kappa shape index (κ3) is 3.83. The highest BCUT2D eigenvalue weighted by molar-refractivity contribution is 6.06. The average Bonchev–Trinajstić information content (AvgIpc) is 3.43. The number of anilines is 1. The highest BCUT2D eigenvalue weighted by atomic mass is 19.1. The van der Waals surface area contributed by atoms with E-state index in [2.05, 4.69) is 20.4 Å². The largest absolute Gasteiger partial charge is 0.488 e. The summed E-state index contributed by atoms with van der Waals surface area (Å²) in [6, 6.07) is 7.69. The molecule has 2 aliphatic rings. The Morgan fingerprint density at radius 3 is 2.89 bits per heavy atom. The van der Waals surface area contributed by atoms with E-state index in [4.69, 9.17) is 4.74 Å². The standard InChI is InChI=1S/C26H25FN6O3/c1-14-8-19(27)18(9-22(14)32-10-21(29-13-32)16-6-7-16)26(35)31-20-5-3-4-17-24(20)36-11-23(15(2)34)33-25(17)28-12-30-33/h3-5,8-10,12-13,15-16,23,34H,6-7,11H2,1-2H3,(H,31,35)/t15-,23+/m1/s1. The lowest BCUT2D eigenvalue weighted by Crippen LogP contribution is -2.27. The van der Waals surface area contributed by atoms with Gasteiger partial charge in [-0.1, -0.05) is 6.07 Å². The molecule has 2 aromatic carbocycles. The fourth-order valence-electron chi connectivity index (χ4n) is 4.60. The second-order valence-electron chi connectivity index (χ2n) is 9.38. The van der Waals surface area contributed by atoms with Crippen molar-refractivity contribution in [2.45, 2.75) is 44.8 Å². The van der Waals surface area contributed by atoms with E-state index in [1.54, 1.807) is 49.1 Å². The summed E-state index contributed by atoms with van der Waals surface area (Å²) < 4.78 is 24.5. The number of aryl methyl sites for hydroxylation is 1. The van der Waals surface area contributed by atoms with Crippen LogP contribution in [-0.4, -0.2) is 48.0 Å². The Bertz CT molecular complexity index is 1470. The van der Waals surface area contributed by atoms with Crippen molar-refractivity contribution in [3.8, 4) is 22.8 Å². The van der Waals surface area contributed by atoms with Gasteiger partial charge in [-0.25, -0.2) is 19.0 Å². The molecule has 2 N–H and O–H groups in total. The van der Waals surface area contributed by atoms with Gasteiger partial charge in [-0.2, -0.15) is 5.10 Å². The predicted molar refractivity (Wildman–Crippen MR) is 130 cm³/mol. The average molecular weight is 489 g/mol. The van der Waals surface area contributed by atoms with Gasteiger partial charge in [0.05, 0.1) is 40.6 Å². The molecule has 0 unspecified atom stereocenters. The molecule has 36 heavy (non-hydrogen) atoms. The lowest BCUT2D eigenvalue weighted by molar-refractivity contribution is 0.0912. The quantitative estimate of drug-likeness (QED) is 0.439. The van der Waals surface area contributed by atoms with E-state index < -0.39 is 23.9 Å². The minimum absolute atomic E-state index is 0.0893. The Hall–Kier alpha value is -4.05. The van der Waals surface area contributed by atoms with Crippen LogP contribution in [0.15, 0.2) is 49.2 Å². The number of nitrogens with zero attached hydrogens (tertiary/aromatic N) is 5. The van der Waals surface area contributed by atoms with Crippen molar-refractivity contribution >= 4 is 11.6 Å². The van der Waals surface area contributed by atoms with Crippen LogP contribution < -0.4 is 10.1 Å². The van der Waals surface area contributed by atoms with Gasteiger partial charge in [0.15, 0.2) is 11.6 Å². The Morgan fingerprint density at radius 1 is 1.28 bits per heavy atom. The number of amides is 1. The van der Waals surface area contributed by atoms with Crippen molar-refractivity contribution < 1.29 is 19.0 Å². The van der Waals surface area contributed by atoms with Crippen LogP contribution in [0, 0.1) is 12.7 Å². The van der Waals surface area contributed by atoms with E-state index in [1.165, 1.54) is 12.4 Å². The number of imidazole rings is 1. The third-order valence-electron chi connectivity index (χ3n) is 6.75. The van der Waals surface area contributed by atoms with Gasteiger partial charge < -0.3 is 19.7 Å². The van der Waals surface area contributed by atoms with Crippen molar-refractivity contribution in [3.63, 3.8) is 0 Å². The number of carbonyl (C=O) groups is 1. The second-order valence-corrected chi connectivity index (χ2v) is 9.38. The number of rotatable bonds is 5. The van der Waals surface area contributed by atoms with Crippen molar-refractivity contribution in [1.82, 2.24) is 24.3 Å². The zero-order valence-corrected chi connectivity index (χ0v) is 19.8. The number of aliphatic hydroxyl groups is 1. The molecule has 1 fully saturated rings. The first kappa shape index (κ1) is 22.4. The molecule has 6 rings (SSSR count). The lowest BCUT2D eigenvalue weighted by Gasteiger charge is -2.19. The molecule has 0 saturated heterocycles. The predicted octanol–water partition coefficient (Wildman–Crippen LogP) is 4.02. The first-order valence-corrected chi connectivity index (χ1v) is 11.9. The van der Waals surface area contributed by atoms with Gasteiger partial charge in [-0.3, -0.25) is 4.79 Å². The van der Waals surface area contributed by atoms with E-state index >= 15 is 0 Å². The number of aromatic nitrogens is 5. The topological polar surface area (TPSA) is 107 Å². The van der Waals surface area contributed by atoms with E-state index in [1.807, 2.05) is 10.8 Å². The summed E-state index contributed by atoms with van der Waals surface area (Å²) in [5, 5.41) is 17.3. The number of benzene rings is 2. The number of fused-ring (bicyclic) bond motifs is 3. The molecule has 3 heterocycles. The summed E-state index contributed by atoms with van der Waals surface area (Å²) >= 11 is 0. The molecule has 1 aliphatic carbocycles. The van der Waals surface area contributed by atoms with Gasteiger partial charge in [-0.05, 0) is 56.5 Å². The van der Waals surface area contributed by atoms with Gasteiger partial charge in [0.1, 0.15) is 24.8 Å². The Balaban J connectivity index is 1.33. The molecule has 184 valence electrons. The van der Waals surface area contributed by atoms with Crippen molar-refractivity contribution in [2.24, 2.45) is 0 Å². The highest BCUT2D eigenvalue weighted by Gasteiger charge is 2.30. The van der Waals surface area contributed by atoms with E-state index in [-0.39, 0.29) is 12.2 Å². The van der Waals surface area contributed by atoms with Crippen LogP contribution in [0.4, 0.5) is 10.1 Å². The molecule has 9 nitrogen and oxygen atoms in total. The number of hydrogen-bond donors (Lipinski definition) is 2. The number of carbonyl (C=O) groups excluding carboxylic acids is 1. The van der Waals surface area contributed by atoms with Crippen LogP contribution in [0.2, 0.25) is 0 Å². The van der Waals surface area contributed by atoms with E-state index in [9.17, 15) is 14.3 Å². The van der Waals surface area contributed by atoms with Crippen LogP contribution in [0.5, 0.6) is 5.75 Å². The molecular formula is C26H25FN6O3. The number of para-hydroxylation sites is 1. The maximum absolute atomic E-state index is 15.0. The van der Waals surface area contributed by atoms with Gasteiger partial charge in [-0.15, -0.1) is 0 Å². The number of hydrogen-bond acceptors (Lipinski definition) is 6. The second kappa shape index (κ2) is 8.56. The third-order valence-corrected chi connectivity index (χ3v) is 6.75. The SMILES string of the molecule is Cc1cc(F)c(C(=O)Nc2cccc3c2OC[C@@H]([C@@H](C)O)n2ncnc2-3)cc1-n1cnc(C2CC2)c1. The summed E-state index contributed by atoms with van der Waals surface area (Å²) in [6.45, 7) is 3.58. The van der Waals surface area contributed by atoms with Gasteiger partial charge >= 0.3 is 0 Å². The van der Waals surface area contributed by atoms with Crippen LogP contribution in [0.1, 0.15) is 53.3 Å². The van der Waals surface area contributed by atoms with Gasteiger partial charge in [0, 0.05) is 12.1 Å². The fraction of sp³-hybridized carbons (Fsp3) is 0.308. The summed E-state index contributed by atoms with van der Waals surface area (Å²) in [7, 11) is 0. The molecular weight excluding hydrogens is 463 g/mol. The fourth-order valence-corrected chi connectivity index (χ4v) is 4.60. The molecule has 1 aliphatic heterocycles. The molecule has 1 amide bonds. The van der Waals surface area contributed by atoms with E-state index in [0.717, 1.165) is 18.5 Å². The minimum atomic E-state index is -0.735. The number of nitrogens with one attached hydrogen (secondary N) is 1. The first-order valence-electron chi connectivity index (χ1n) is 11.9. The van der Waals surface area contributed by atoms with E-state index in [0.29, 0.717) is 40.0 Å². The maximum Gasteiger partial charge on any atom is 0.258 e. The van der Waals surface area contributed by atoms with Crippen LogP contribution in [0.25, 0.3) is 17.1 Å². The maximum atomic E-state index is 15.0. The van der Waals surface area contributed by atoms with Crippen LogP contribution in [0.3, 0.4) is 0 Å². The normalized spacial score (nSPS) is 17.5.